The molecule has 1 heterocycles. The van der Waals surface area contributed by atoms with Gasteiger partial charge >= 0.3 is 5.97 Å². The fourth-order valence-corrected chi connectivity index (χ4v) is 11.8. The third-order valence-corrected chi connectivity index (χ3v) is 17.8. The second kappa shape index (κ2) is 66.8. The molecule has 528 valence electrons. The molecular formula is C80H143NO10. The summed E-state index contributed by atoms with van der Waals surface area (Å²) in [7, 11) is 0. The first-order valence-corrected chi connectivity index (χ1v) is 38.4. The van der Waals surface area contributed by atoms with Crippen molar-refractivity contribution in [3.63, 3.8) is 0 Å². The Morgan fingerprint density at radius 3 is 1.20 bits per heavy atom. The van der Waals surface area contributed by atoms with E-state index < -0.39 is 67.4 Å². The zero-order chi connectivity index (χ0) is 66.0. The van der Waals surface area contributed by atoms with Crippen LogP contribution in [0.2, 0.25) is 0 Å². The maximum Gasteiger partial charge on any atom is 0.306 e. The Morgan fingerprint density at radius 2 is 0.791 bits per heavy atom. The van der Waals surface area contributed by atoms with Gasteiger partial charge in [0.05, 0.1) is 25.4 Å². The van der Waals surface area contributed by atoms with Crippen LogP contribution in [0.3, 0.4) is 0 Å². The summed E-state index contributed by atoms with van der Waals surface area (Å²) < 4.78 is 17.7. The number of unbranched alkanes of at least 4 members (excludes halogenated alkanes) is 40. The molecule has 8 unspecified atom stereocenters. The van der Waals surface area contributed by atoms with Crippen LogP contribution in [0.25, 0.3) is 0 Å². The molecule has 1 rings (SSSR count). The van der Waals surface area contributed by atoms with Crippen LogP contribution in [-0.2, 0) is 23.8 Å². The average molecular weight is 1280 g/mol. The number of allylic oxidation sites excluding steroid dienone is 13. The van der Waals surface area contributed by atoms with Crippen molar-refractivity contribution in [3.8, 4) is 0 Å². The molecular weight excluding hydrogens is 1130 g/mol. The number of carbonyl (C=O) groups excluding carboxylic acids is 2. The van der Waals surface area contributed by atoms with E-state index in [1.165, 1.54) is 205 Å². The fourth-order valence-electron chi connectivity index (χ4n) is 11.8. The molecule has 6 N–H and O–H groups in total. The average Bonchev–Trinajstić information content (AvgIpc) is 1.02. The first-order valence-electron chi connectivity index (χ1n) is 38.4. The summed E-state index contributed by atoms with van der Waals surface area (Å²) in [6, 6.07) is -1.03. The summed E-state index contributed by atoms with van der Waals surface area (Å²) in [5, 5.41) is 57.3. The first-order chi connectivity index (χ1) is 44.7. The van der Waals surface area contributed by atoms with Crippen molar-refractivity contribution in [2.24, 2.45) is 0 Å². The molecule has 0 aliphatic carbocycles. The van der Waals surface area contributed by atoms with E-state index in [1.54, 1.807) is 6.08 Å². The molecule has 11 nitrogen and oxygen atoms in total. The molecule has 1 aliphatic rings. The summed E-state index contributed by atoms with van der Waals surface area (Å²) in [5.74, 6) is -1.19. The molecule has 0 radical (unpaired) electrons. The second-order valence-electron chi connectivity index (χ2n) is 26.4. The smallest absolute Gasteiger partial charge is 0.306 e. The highest BCUT2D eigenvalue weighted by atomic mass is 16.7. The van der Waals surface area contributed by atoms with Crippen molar-refractivity contribution in [1.82, 2.24) is 5.32 Å². The second-order valence-corrected chi connectivity index (χ2v) is 26.4. The van der Waals surface area contributed by atoms with Crippen LogP contribution in [0, 0.1) is 0 Å². The number of aliphatic hydroxyl groups is 5. The predicted octanol–water partition coefficient (Wildman–Crippen LogP) is 20.4. The Hall–Kier alpha value is -3.16. The van der Waals surface area contributed by atoms with Crippen LogP contribution in [0.5, 0.6) is 0 Å². The summed E-state index contributed by atoms with van der Waals surface area (Å²) in [6.45, 7) is 5.71. The maximum absolute atomic E-state index is 13.5. The van der Waals surface area contributed by atoms with E-state index in [2.05, 4.69) is 99.0 Å². The molecule has 1 amide bonds. The molecule has 8 atom stereocenters. The van der Waals surface area contributed by atoms with E-state index >= 15 is 0 Å². The minimum atomic E-state index is -1.62. The molecule has 1 fully saturated rings. The molecule has 0 aromatic carbocycles. The molecule has 0 bridgehead atoms. The van der Waals surface area contributed by atoms with Crippen LogP contribution >= 0.6 is 0 Å². The minimum absolute atomic E-state index is 0.124. The molecule has 1 aliphatic heterocycles. The monoisotopic (exact) mass is 1280 g/mol. The van der Waals surface area contributed by atoms with Crippen LogP contribution in [0.15, 0.2) is 85.1 Å². The largest absolute Gasteiger partial charge is 0.454 e. The van der Waals surface area contributed by atoms with E-state index in [-0.39, 0.29) is 19.4 Å². The van der Waals surface area contributed by atoms with Crippen molar-refractivity contribution in [2.75, 3.05) is 13.2 Å². The number of hydrogen-bond acceptors (Lipinski definition) is 10. The third kappa shape index (κ3) is 53.7. The summed E-state index contributed by atoms with van der Waals surface area (Å²) in [6.07, 6.45) is 79.2. The lowest BCUT2D eigenvalue weighted by Crippen LogP contribution is -2.61. The van der Waals surface area contributed by atoms with E-state index in [0.717, 1.165) is 96.3 Å². The normalized spacial score (nSPS) is 18.4. The van der Waals surface area contributed by atoms with Crippen LogP contribution in [-0.4, -0.2) is 99.6 Å². The van der Waals surface area contributed by atoms with Gasteiger partial charge in [-0.1, -0.05) is 331 Å². The fraction of sp³-hybridized carbons (Fsp3) is 0.800. The highest BCUT2D eigenvalue weighted by Crippen LogP contribution is 2.26. The number of esters is 1. The zero-order valence-electron chi connectivity index (χ0n) is 59.0. The lowest BCUT2D eigenvalue weighted by atomic mass is 9.99. The van der Waals surface area contributed by atoms with Gasteiger partial charge in [-0.15, -0.1) is 0 Å². The van der Waals surface area contributed by atoms with Gasteiger partial charge in [-0.05, 0) is 96.3 Å². The van der Waals surface area contributed by atoms with Crippen molar-refractivity contribution in [3.05, 3.63) is 85.1 Å². The van der Waals surface area contributed by atoms with Crippen molar-refractivity contribution < 1.29 is 49.3 Å². The topological polar surface area (TPSA) is 175 Å². The Balaban J connectivity index is 2.50. The van der Waals surface area contributed by atoms with Crippen molar-refractivity contribution >= 4 is 11.9 Å². The number of rotatable bonds is 66. The number of aliphatic hydroxyl groups excluding tert-OH is 5. The Labute approximate surface area is 559 Å². The minimum Gasteiger partial charge on any atom is -0.454 e. The Bertz CT molecular complexity index is 1810. The van der Waals surface area contributed by atoms with Crippen molar-refractivity contribution in [2.45, 2.75) is 397 Å². The van der Waals surface area contributed by atoms with E-state index in [0.29, 0.717) is 12.8 Å². The van der Waals surface area contributed by atoms with E-state index in [4.69, 9.17) is 14.2 Å². The van der Waals surface area contributed by atoms with Gasteiger partial charge in [-0.3, -0.25) is 9.59 Å². The number of carbonyl (C=O) groups is 2. The highest BCUT2D eigenvalue weighted by molar-refractivity contribution is 5.80. The number of hydrogen-bond donors (Lipinski definition) is 6. The number of ether oxygens (including phenoxy) is 3. The Morgan fingerprint density at radius 1 is 0.440 bits per heavy atom. The molecule has 0 spiro atoms. The highest BCUT2D eigenvalue weighted by Gasteiger charge is 2.47. The van der Waals surface area contributed by atoms with Crippen LogP contribution in [0.1, 0.15) is 348 Å². The molecule has 0 aromatic rings. The summed E-state index contributed by atoms with van der Waals surface area (Å²) in [4.78, 5) is 26.7. The molecule has 91 heavy (non-hydrogen) atoms. The SMILES string of the molecule is CC/C=C\C/C=C\C/C=C\C/C=C\C/C=C\CCCCCCCCCCCCC(O)C(=O)NC(COC1OC(CO)C(O)C(O)C1OC(=O)CCCCCCCCCCCCCCCCC/C=C/CCCCCCCC)C(O)/C=C/CCCCCCCCCCC. The summed E-state index contributed by atoms with van der Waals surface area (Å²) >= 11 is 0. The van der Waals surface area contributed by atoms with E-state index in [1.807, 2.05) is 6.08 Å². The van der Waals surface area contributed by atoms with Crippen molar-refractivity contribution in [1.29, 1.82) is 0 Å². The quantitative estimate of drug-likeness (QED) is 0.0195. The maximum atomic E-state index is 13.5. The van der Waals surface area contributed by atoms with E-state index in [9.17, 15) is 35.1 Å². The Kier molecular flexibility index (Phi) is 63.1. The molecule has 0 saturated carbocycles. The van der Waals surface area contributed by atoms with Gasteiger partial charge in [0.15, 0.2) is 12.4 Å². The van der Waals surface area contributed by atoms with Gasteiger partial charge in [0, 0.05) is 6.42 Å². The first kappa shape index (κ1) is 85.9. The van der Waals surface area contributed by atoms with Gasteiger partial charge in [-0.2, -0.15) is 0 Å². The molecule has 11 heteroatoms. The zero-order valence-corrected chi connectivity index (χ0v) is 59.0. The van der Waals surface area contributed by atoms with Crippen LogP contribution in [0.4, 0.5) is 0 Å². The van der Waals surface area contributed by atoms with Gasteiger partial charge in [0.2, 0.25) is 5.91 Å². The number of amides is 1. The van der Waals surface area contributed by atoms with Gasteiger partial charge in [0.1, 0.15) is 24.4 Å². The third-order valence-electron chi connectivity index (χ3n) is 17.8. The predicted molar refractivity (Wildman–Crippen MR) is 384 cm³/mol. The van der Waals surface area contributed by atoms with Gasteiger partial charge in [-0.25, -0.2) is 0 Å². The van der Waals surface area contributed by atoms with Gasteiger partial charge < -0.3 is 45.1 Å². The standard InChI is InChI=1S/C80H143NO10/c1-4-7-10-13-16-19-22-24-26-28-30-32-34-36-38-39-41-43-45-47-49-52-55-58-61-64-67-73(84)79(88)81-71(72(83)66-63-60-57-54-51-21-18-15-12-9-6-3)70-89-80-78(77(87)76(86)74(69-82)90-80)91-75(85)68-65-62-59-56-53-50-48-46-44-42-40-37-35-33-31-29-27-25-23-20-17-14-11-8-5-2/h7,10,16,19,24-27,30,32,36,38,63,66,71-74,76-78,80,82-84,86-87H,4-6,8-9,11-15,17-18,20-23,28-29,31,33-35,37,39-62,64-65,67-70H2,1-3H3,(H,81,88)/b10-7-,19-16-,26-24-,27-25+,32-30-,38-36-,66-63+. The summed E-state index contributed by atoms with van der Waals surface area (Å²) in [5.41, 5.74) is 0. The number of nitrogens with one attached hydrogen (secondary N) is 1. The van der Waals surface area contributed by atoms with Crippen LogP contribution < -0.4 is 5.32 Å². The molecule has 1 saturated heterocycles. The lowest BCUT2D eigenvalue weighted by Gasteiger charge is -2.41. The molecule has 0 aromatic heterocycles. The van der Waals surface area contributed by atoms with Gasteiger partial charge in [0.25, 0.3) is 0 Å². The lowest BCUT2D eigenvalue weighted by molar-refractivity contribution is -0.305.